The average molecular weight is 568 g/mol. The van der Waals surface area contributed by atoms with Crippen molar-refractivity contribution in [3.8, 4) is 0 Å². The molecule has 6 nitrogen and oxygen atoms in total. The van der Waals surface area contributed by atoms with Gasteiger partial charge in [-0.25, -0.2) is 13.4 Å². The van der Waals surface area contributed by atoms with Crippen molar-refractivity contribution < 1.29 is 13.2 Å². The van der Waals surface area contributed by atoms with Crippen molar-refractivity contribution in [1.29, 1.82) is 0 Å². The molecule has 0 saturated carbocycles. The van der Waals surface area contributed by atoms with Crippen molar-refractivity contribution >= 4 is 54.2 Å². The predicted molar refractivity (Wildman–Crippen MR) is 155 cm³/mol. The van der Waals surface area contributed by atoms with Gasteiger partial charge in [-0.1, -0.05) is 66.6 Å². The number of hydrogen-bond donors (Lipinski definition) is 0. The number of hydrogen-bond acceptors (Lipinski definition) is 5. The highest BCUT2D eigenvalue weighted by Gasteiger charge is 2.32. The SMILES string of the molecule is CCC1CCCCN1S(=O)(=O)c1ccc(C(=O)N(Cc2ccccc2)c2nc3c(C)cc(Cl)cc3s2)cc1. The Hall–Kier alpha value is -2.78. The van der Waals surface area contributed by atoms with E-state index in [9.17, 15) is 13.2 Å². The quantitative estimate of drug-likeness (QED) is 0.240. The molecule has 1 fully saturated rings. The summed E-state index contributed by atoms with van der Waals surface area (Å²) in [5, 5.41) is 1.19. The number of thiazole rings is 1. The molecule has 38 heavy (non-hydrogen) atoms. The van der Waals surface area contributed by atoms with E-state index in [0.29, 0.717) is 28.8 Å². The van der Waals surface area contributed by atoms with E-state index in [1.807, 2.05) is 56.3 Å². The zero-order chi connectivity index (χ0) is 26.9. The van der Waals surface area contributed by atoms with Gasteiger partial charge in [-0.3, -0.25) is 9.69 Å². The van der Waals surface area contributed by atoms with Crippen LogP contribution in [0.5, 0.6) is 0 Å². The zero-order valence-electron chi connectivity index (χ0n) is 21.4. The first-order chi connectivity index (χ1) is 18.3. The van der Waals surface area contributed by atoms with Crippen molar-refractivity contribution in [2.24, 2.45) is 0 Å². The minimum atomic E-state index is -3.63. The summed E-state index contributed by atoms with van der Waals surface area (Å²) in [5.41, 5.74) is 3.12. The molecule has 0 spiro atoms. The van der Waals surface area contributed by atoms with Crippen LogP contribution in [0.25, 0.3) is 10.2 Å². The number of fused-ring (bicyclic) bond motifs is 1. The highest BCUT2D eigenvalue weighted by molar-refractivity contribution is 7.89. The molecule has 0 radical (unpaired) electrons. The van der Waals surface area contributed by atoms with Gasteiger partial charge in [0.05, 0.1) is 21.7 Å². The van der Waals surface area contributed by atoms with Crippen LogP contribution in [0.3, 0.4) is 0 Å². The number of nitrogens with zero attached hydrogens (tertiary/aromatic N) is 3. The van der Waals surface area contributed by atoms with Crippen LogP contribution in [0.4, 0.5) is 5.13 Å². The second kappa shape index (κ2) is 11.1. The lowest BCUT2D eigenvalue weighted by molar-refractivity contribution is 0.0985. The van der Waals surface area contributed by atoms with E-state index in [-0.39, 0.29) is 16.8 Å². The van der Waals surface area contributed by atoms with Gasteiger partial charge in [0.15, 0.2) is 5.13 Å². The maximum Gasteiger partial charge on any atom is 0.260 e. The van der Waals surface area contributed by atoms with Crippen molar-refractivity contribution in [3.05, 3.63) is 88.4 Å². The fourth-order valence-corrected chi connectivity index (χ4v) is 8.19. The molecule has 1 aliphatic heterocycles. The lowest BCUT2D eigenvalue weighted by Gasteiger charge is -2.34. The first kappa shape index (κ1) is 26.8. The van der Waals surface area contributed by atoms with Gasteiger partial charge in [-0.2, -0.15) is 4.31 Å². The van der Waals surface area contributed by atoms with Crippen LogP contribution in [0.2, 0.25) is 5.02 Å². The Balaban J connectivity index is 1.48. The summed E-state index contributed by atoms with van der Waals surface area (Å²) in [6.07, 6.45) is 3.59. The van der Waals surface area contributed by atoms with Gasteiger partial charge in [0.2, 0.25) is 10.0 Å². The number of amides is 1. The molecule has 0 bridgehead atoms. The number of carbonyl (C=O) groups excluding carboxylic acids is 1. The maximum atomic E-state index is 13.8. The Morgan fingerprint density at radius 2 is 1.84 bits per heavy atom. The molecule has 1 unspecified atom stereocenters. The fourth-order valence-electron chi connectivity index (χ4n) is 5.01. The zero-order valence-corrected chi connectivity index (χ0v) is 23.8. The maximum absolute atomic E-state index is 13.8. The smallest absolute Gasteiger partial charge is 0.260 e. The Bertz CT molecular complexity index is 1550. The Kier molecular flexibility index (Phi) is 7.86. The lowest BCUT2D eigenvalue weighted by Crippen LogP contribution is -2.43. The minimum Gasteiger partial charge on any atom is -0.279 e. The molecule has 5 rings (SSSR count). The molecule has 0 aliphatic carbocycles. The molecule has 0 N–H and O–H groups in total. The van der Waals surface area contributed by atoms with E-state index >= 15 is 0 Å². The second-order valence-electron chi connectivity index (χ2n) is 9.64. The molecular weight excluding hydrogens is 538 g/mol. The van der Waals surface area contributed by atoms with Crippen molar-refractivity contribution in [3.63, 3.8) is 0 Å². The van der Waals surface area contributed by atoms with Gasteiger partial charge in [0.25, 0.3) is 5.91 Å². The van der Waals surface area contributed by atoms with E-state index in [1.54, 1.807) is 33.5 Å². The third kappa shape index (κ3) is 5.36. The van der Waals surface area contributed by atoms with Crippen molar-refractivity contribution in [2.75, 3.05) is 11.4 Å². The molecule has 198 valence electrons. The number of carbonyl (C=O) groups is 1. The topological polar surface area (TPSA) is 70.6 Å². The highest BCUT2D eigenvalue weighted by atomic mass is 35.5. The van der Waals surface area contributed by atoms with Gasteiger partial charge in [-0.05, 0) is 73.7 Å². The number of sulfonamides is 1. The number of halogens is 1. The number of aromatic nitrogens is 1. The average Bonchev–Trinajstić information content (AvgIpc) is 3.36. The molecule has 1 aliphatic rings. The van der Waals surface area contributed by atoms with Gasteiger partial charge in [-0.15, -0.1) is 0 Å². The monoisotopic (exact) mass is 567 g/mol. The number of benzene rings is 3. The van der Waals surface area contributed by atoms with Crippen LogP contribution in [-0.2, 0) is 16.6 Å². The summed E-state index contributed by atoms with van der Waals surface area (Å²) >= 11 is 7.68. The van der Waals surface area contributed by atoms with Crippen LogP contribution in [0.1, 0.15) is 54.1 Å². The summed E-state index contributed by atoms with van der Waals surface area (Å²) < 4.78 is 29.3. The van der Waals surface area contributed by atoms with Gasteiger partial charge >= 0.3 is 0 Å². The van der Waals surface area contributed by atoms with E-state index in [0.717, 1.165) is 47.0 Å². The minimum absolute atomic E-state index is 0.0208. The van der Waals surface area contributed by atoms with E-state index in [1.165, 1.54) is 11.3 Å². The molecule has 4 aromatic rings. The highest BCUT2D eigenvalue weighted by Crippen LogP contribution is 2.35. The van der Waals surface area contributed by atoms with Crippen molar-refractivity contribution in [2.45, 2.75) is 57.0 Å². The molecule has 1 saturated heterocycles. The van der Waals surface area contributed by atoms with E-state index in [4.69, 9.17) is 16.6 Å². The van der Waals surface area contributed by atoms with Gasteiger partial charge in [0, 0.05) is 23.2 Å². The number of piperidine rings is 1. The lowest BCUT2D eigenvalue weighted by atomic mass is 10.0. The molecule has 9 heteroatoms. The standard InChI is InChI=1S/C29H30ClN3O3S2/c1-3-24-11-7-8-16-33(24)38(35,36)25-14-12-22(13-15-25)28(34)32(19-21-9-5-4-6-10-21)29-31-27-20(2)17-23(30)18-26(27)37-29/h4-6,9-10,12-15,17-18,24H,3,7-8,11,16,19H2,1-2H3. The molecule has 1 amide bonds. The van der Waals surface area contributed by atoms with Crippen LogP contribution in [-0.4, -0.2) is 36.2 Å². The molecule has 1 atom stereocenters. The Labute approximate surface area is 232 Å². The third-order valence-electron chi connectivity index (χ3n) is 7.05. The summed E-state index contributed by atoms with van der Waals surface area (Å²) in [6, 6.07) is 19.8. The number of anilines is 1. The van der Waals surface area contributed by atoms with Crippen molar-refractivity contribution in [1.82, 2.24) is 9.29 Å². The summed E-state index contributed by atoms with van der Waals surface area (Å²) in [6.45, 7) is 4.84. The Morgan fingerprint density at radius 3 is 2.55 bits per heavy atom. The summed E-state index contributed by atoms with van der Waals surface area (Å²) in [7, 11) is -3.63. The first-order valence-electron chi connectivity index (χ1n) is 12.8. The molecule has 2 heterocycles. The molecular formula is C29H30ClN3O3S2. The third-order valence-corrected chi connectivity index (χ3v) is 10.3. The largest absolute Gasteiger partial charge is 0.279 e. The molecule has 1 aromatic heterocycles. The summed E-state index contributed by atoms with van der Waals surface area (Å²) in [5.74, 6) is -0.245. The van der Waals surface area contributed by atoms with Crippen LogP contribution in [0, 0.1) is 6.92 Å². The normalized spacial score (nSPS) is 16.6. The van der Waals surface area contributed by atoms with Crippen LogP contribution < -0.4 is 4.90 Å². The van der Waals surface area contributed by atoms with Gasteiger partial charge < -0.3 is 0 Å². The number of rotatable bonds is 7. The van der Waals surface area contributed by atoms with Gasteiger partial charge in [0.1, 0.15) is 0 Å². The first-order valence-corrected chi connectivity index (χ1v) is 15.5. The van der Waals surface area contributed by atoms with E-state index in [2.05, 4.69) is 0 Å². The van der Waals surface area contributed by atoms with Crippen LogP contribution >= 0.6 is 22.9 Å². The summed E-state index contributed by atoms with van der Waals surface area (Å²) in [4.78, 5) is 20.5. The predicted octanol–water partition coefficient (Wildman–Crippen LogP) is 7.06. The fraction of sp³-hybridized carbons (Fsp3) is 0.310. The van der Waals surface area contributed by atoms with E-state index < -0.39 is 10.0 Å². The second-order valence-corrected chi connectivity index (χ2v) is 13.0. The molecule has 3 aromatic carbocycles. The Morgan fingerprint density at radius 1 is 1.11 bits per heavy atom. The van der Waals surface area contributed by atoms with Crippen LogP contribution in [0.15, 0.2) is 71.6 Å². The number of aryl methyl sites for hydroxylation is 1.